The highest BCUT2D eigenvalue weighted by Gasteiger charge is 2.27. The van der Waals surface area contributed by atoms with E-state index in [0.29, 0.717) is 22.3 Å². The molecule has 2 aromatic carbocycles. The van der Waals surface area contributed by atoms with E-state index in [1.54, 1.807) is 38.1 Å². The average Bonchev–Trinajstić information content (AvgIpc) is 2.35. The molecule has 19 heavy (non-hydrogen) atoms. The zero-order valence-electron chi connectivity index (χ0n) is 10.8. The maximum absolute atomic E-state index is 10.6. The lowest BCUT2D eigenvalue weighted by molar-refractivity contribution is 0.183. The minimum atomic E-state index is -1.48. The summed E-state index contributed by atoms with van der Waals surface area (Å²) in [4.78, 5) is -1.48. The number of aliphatic hydroxyl groups is 1. The standard InChI is InChI=1S/C15H16O3S/c1-9-7-11(3-5-13(9)16)15(18,19)12-4-6-14(17)10(2)8-12/h3-8,16-19H,1-2H3. The smallest absolute Gasteiger partial charge is 0.159 e. The Balaban J connectivity index is 2.51. The van der Waals surface area contributed by atoms with E-state index in [1.165, 1.54) is 12.1 Å². The second-order valence-electron chi connectivity index (χ2n) is 4.67. The van der Waals surface area contributed by atoms with E-state index >= 15 is 0 Å². The van der Waals surface area contributed by atoms with Gasteiger partial charge in [-0.3, -0.25) is 0 Å². The third kappa shape index (κ3) is 2.55. The summed E-state index contributed by atoms with van der Waals surface area (Å²) in [6, 6.07) is 9.67. The van der Waals surface area contributed by atoms with Crippen molar-refractivity contribution < 1.29 is 15.3 Å². The van der Waals surface area contributed by atoms with Gasteiger partial charge in [0.15, 0.2) is 4.93 Å². The Morgan fingerprint density at radius 1 is 0.842 bits per heavy atom. The van der Waals surface area contributed by atoms with E-state index in [-0.39, 0.29) is 11.5 Å². The molecule has 0 atom stereocenters. The van der Waals surface area contributed by atoms with Crippen LogP contribution in [-0.2, 0) is 4.93 Å². The molecule has 0 unspecified atom stereocenters. The Bertz CT molecular complexity index is 567. The lowest BCUT2D eigenvalue weighted by Crippen LogP contribution is -2.20. The van der Waals surface area contributed by atoms with Gasteiger partial charge < -0.3 is 15.3 Å². The van der Waals surface area contributed by atoms with Crippen LogP contribution in [0.15, 0.2) is 36.4 Å². The first-order valence-corrected chi connectivity index (χ1v) is 6.32. The molecule has 0 aliphatic carbocycles. The molecule has 2 rings (SSSR count). The van der Waals surface area contributed by atoms with Gasteiger partial charge in [0.05, 0.1) is 0 Å². The first kappa shape index (κ1) is 13.8. The van der Waals surface area contributed by atoms with Crippen LogP contribution in [0.4, 0.5) is 0 Å². The first-order chi connectivity index (χ1) is 8.82. The van der Waals surface area contributed by atoms with Crippen molar-refractivity contribution in [2.24, 2.45) is 0 Å². The van der Waals surface area contributed by atoms with Crippen molar-refractivity contribution in [2.45, 2.75) is 18.8 Å². The van der Waals surface area contributed by atoms with Crippen LogP contribution in [-0.4, -0.2) is 15.3 Å². The van der Waals surface area contributed by atoms with Gasteiger partial charge in [-0.05, 0) is 60.4 Å². The molecule has 0 bridgehead atoms. The third-order valence-electron chi connectivity index (χ3n) is 3.20. The fraction of sp³-hybridized carbons (Fsp3) is 0.200. The summed E-state index contributed by atoms with van der Waals surface area (Å²) < 4.78 is 0. The molecule has 2 aromatic rings. The van der Waals surface area contributed by atoms with Crippen LogP contribution in [0.25, 0.3) is 0 Å². The SMILES string of the molecule is Cc1cc(C(O)(S)c2ccc(O)c(C)c2)ccc1O. The van der Waals surface area contributed by atoms with E-state index in [2.05, 4.69) is 12.6 Å². The number of phenolic OH excluding ortho intramolecular Hbond substituents is 2. The molecule has 0 saturated carbocycles. The van der Waals surface area contributed by atoms with Crippen LogP contribution in [0.5, 0.6) is 11.5 Å². The number of rotatable bonds is 2. The van der Waals surface area contributed by atoms with Crippen LogP contribution in [0.2, 0.25) is 0 Å². The normalized spacial score (nSPS) is 11.6. The number of aromatic hydroxyl groups is 2. The quantitative estimate of drug-likeness (QED) is 0.504. The number of thiol groups is 1. The van der Waals surface area contributed by atoms with Gasteiger partial charge in [-0.25, -0.2) is 0 Å². The summed E-state index contributed by atoms with van der Waals surface area (Å²) in [5, 5.41) is 29.6. The van der Waals surface area contributed by atoms with Gasteiger partial charge in [0.2, 0.25) is 0 Å². The topological polar surface area (TPSA) is 60.7 Å². The van der Waals surface area contributed by atoms with Gasteiger partial charge in [0.25, 0.3) is 0 Å². The molecule has 0 saturated heterocycles. The molecule has 100 valence electrons. The molecule has 0 aliphatic heterocycles. The molecule has 0 fully saturated rings. The Morgan fingerprint density at radius 3 is 1.53 bits per heavy atom. The zero-order chi connectivity index (χ0) is 14.2. The number of aryl methyl sites for hydroxylation is 2. The molecule has 3 N–H and O–H groups in total. The number of benzene rings is 2. The molecule has 0 radical (unpaired) electrons. The largest absolute Gasteiger partial charge is 0.508 e. The second kappa shape index (κ2) is 4.79. The lowest BCUT2D eigenvalue weighted by Gasteiger charge is -2.24. The molecule has 0 aliphatic rings. The Morgan fingerprint density at radius 2 is 1.21 bits per heavy atom. The molecular weight excluding hydrogens is 260 g/mol. The van der Waals surface area contributed by atoms with Crippen molar-refractivity contribution in [3.05, 3.63) is 58.7 Å². The van der Waals surface area contributed by atoms with Crippen LogP contribution >= 0.6 is 12.6 Å². The molecular formula is C15H16O3S. The maximum Gasteiger partial charge on any atom is 0.159 e. The van der Waals surface area contributed by atoms with Crippen LogP contribution < -0.4 is 0 Å². The molecule has 0 aromatic heterocycles. The Hall–Kier alpha value is -1.65. The summed E-state index contributed by atoms with van der Waals surface area (Å²) in [6.07, 6.45) is 0. The number of hydrogen-bond donors (Lipinski definition) is 4. The summed E-state index contributed by atoms with van der Waals surface area (Å²) in [5.41, 5.74) is 2.47. The van der Waals surface area contributed by atoms with Gasteiger partial charge in [0, 0.05) is 0 Å². The highest BCUT2D eigenvalue weighted by atomic mass is 32.1. The fourth-order valence-electron chi connectivity index (χ4n) is 1.91. The van der Waals surface area contributed by atoms with Crippen LogP contribution in [0, 0.1) is 13.8 Å². The van der Waals surface area contributed by atoms with Crippen molar-refractivity contribution in [3.63, 3.8) is 0 Å². The second-order valence-corrected chi connectivity index (χ2v) is 5.32. The van der Waals surface area contributed by atoms with Crippen molar-refractivity contribution >= 4 is 12.6 Å². The zero-order valence-corrected chi connectivity index (χ0v) is 11.6. The maximum atomic E-state index is 10.6. The molecule has 0 amide bonds. The summed E-state index contributed by atoms with van der Waals surface area (Å²) in [7, 11) is 0. The monoisotopic (exact) mass is 276 g/mol. The highest BCUT2D eigenvalue weighted by Crippen LogP contribution is 2.36. The minimum absolute atomic E-state index is 0.176. The first-order valence-electron chi connectivity index (χ1n) is 5.87. The Kier molecular flexibility index (Phi) is 3.47. The molecule has 3 nitrogen and oxygen atoms in total. The van der Waals surface area contributed by atoms with Gasteiger partial charge in [-0.2, -0.15) is 0 Å². The molecule has 0 heterocycles. The minimum Gasteiger partial charge on any atom is -0.508 e. The predicted molar refractivity (Wildman–Crippen MR) is 77.7 cm³/mol. The average molecular weight is 276 g/mol. The van der Waals surface area contributed by atoms with Gasteiger partial charge >= 0.3 is 0 Å². The van der Waals surface area contributed by atoms with Crippen molar-refractivity contribution in [1.82, 2.24) is 0 Å². The fourth-order valence-corrected chi connectivity index (χ4v) is 2.19. The van der Waals surface area contributed by atoms with Crippen molar-refractivity contribution in [2.75, 3.05) is 0 Å². The van der Waals surface area contributed by atoms with Gasteiger partial charge in [0.1, 0.15) is 11.5 Å². The number of phenols is 2. The molecule has 4 heteroatoms. The lowest BCUT2D eigenvalue weighted by atomic mass is 9.97. The summed E-state index contributed by atoms with van der Waals surface area (Å²) in [6.45, 7) is 3.51. The van der Waals surface area contributed by atoms with Crippen molar-refractivity contribution in [1.29, 1.82) is 0 Å². The number of hydrogen-bond acceptors (Lipinski definition) is 4. The van der Waals surface area contributed by atoms with Gasteiger partial charge in [-0.1, -0.05) is 12.1 Å². The predicted octanol–water partition coefficient (Wildman–Crippen LogP) is 2.84. The third-order valence-corrected chi connectivity index (χ3v) is 3.72. The van der Waals surface area contributed by atoms with E-state index in [0.717, 1.165) is 0 Å². The van der Waals surface area contributed by atoms with Crippen molar-refractivity contribution in [3.8, 4) is 11.5 Å². The van der Waals surface area contributed by atoms with E-state index in [9.17, 15) is 15.3 Å². The molecule has 0 spiro atoms. The summed E-state index contributed by atoms with van der Waals surface area (Å²) in [5.74, 6) is 0.351. The van der Waals surface area contributed by atoms with E-state index in [1.807, 2.05) is 0 Å². The van der Waals surface area contributed by atoms with E-state index < -0.39 is 4.93 Å². The summed E-state index contributed by atoms with van der Waals surface area (Å²) >= 11 is 4.32. The highest BCUT2D eigenvalue weighted by molar-refractivity contribution is 7.81. The Labute approximate surface area is 117 Å². The van der Waals surface area contributed by atoms with E-state index in [4.69, 9.17) is 0 Å². The van der Waals surface area contributed by atoms with Crippen LogP contribution in [0.3, 0.4) is 0 Å². The van der Waals surface area contributed by atoms with Crippen LogP contribution in [0.1, 0.15) is 22.3 Å². The van der Waals surface area contributed by atoms with Gasteiger partial charge in [-0.15, -0.1) is 12.6 Å².